The van der Waals surface area contributed by atoms with E-state index in [9.17, 15) is 4.79 Å². The molecule has 6 nitrogen and oxygen atoms in total. The fourth-order valence-electron chi connectivity index (χ4n) is 1.71. The number of ether oxygens (including phenoxy) is 2. The fraction of sp³-hybridized carbons (Fsp3) is 0.917. The van der Waals surface area contributed by atoms with Crippen LogP contribution in [0, 0.1) is 0 Å². The van der Waals surface area contributed by atoms with E-state index in [2.05, 4.69) is 5.32 Å². The van der Waals surface area contributed by atoms with Gasteiger partial charge in [-0.05, 0) is 13.8 Å². The van der Waals surface area contributed by atoms with E-state index >= 15 is 0 Å². The molecule has 18 heavy (non-hydrogen) atoms. The van der Waals surface area contributed by atoms with Gasteiger partial charge in [-0.15, -0.1) is 0 Å². The molecule has 1 fully saturated rings. The lowest BCUT2D eigenvalue weighted by molar-refractivity contribution is -0.146. The molecule has 1 amide bonds. The first-order valence-corrected chi connectivity index (χ1v) is 6.42. The third kappa shape index (κ3) is 4.89. The predicted molar refractivity (Wildman–Crippen MR) is 67.4 cm³/mol. The van der Waals surface area contributed by atoms with E-state index in [1.54, 1.807) is 4.90 Å². The maximum absolute atomic E-state index is 11.9. The van der Waals surface area contributed by atoms with Gasteiger partial charge in [-0.2, -0.15) is 0 Å². The number of aliphatic hydroxyl groups excluding tert-OH is 1. The molecule has 1 saturated heterocycles. The van der Waals surface area contributed by atoms with Crippen LogP contribution >= 0.6 is 0 Å². The number of amides is 1. The zero-order chi connectivity index (χ0) is 13.4. The van der Waals surface area contributed by atoms with E-state index in [4.69, 9.17) is 14.6 Å². The van der Waals surface area contributed by atoms with Crippen molar-refractivity contribution < 1.29 is 19.4 Å². The molecule has 1 aliphatic rings. The average molecular weight is 260 g/mol. The Hall–Kier alpha value is -0.690. The number of carbonyl (C=O) groups excluding carboxylic acids is 1. The van der Waals surface area contributed by atoms with Crippen LogP contribution in [0.4, 0.5) is 0 Å². The Morgan fingerprint density at radius 2 is 2.17 bits per heavy atom. The molecule has 0 aromatic carbocycles. The summed E-state index contributed by atoms with van der Waals surface area (Å²) in [6, 6.07) is 0. The molecule has 0 atom stereocenters. The zero-order valence-electron chi connectivity index (χ0n) is 11.3. The summed E-state index contributed by atoms with van der Waals surface area (Å²) < 4.78 is 10.8. The molecule has 106 valence electrons. The number of likely N-dealkylation sites (N-methyl/N-ethyl adjacent to an activating group) is 1. The molecule has 0 aliphatic carbocycles. The number of nitrogens with one attached hydrogen (secondary N) is 1. The highest BCUT2D eigenvalue weighted by molar-refractivity contribution is 5.77. The molecule has 6 heteroatoms. The van der Waals surface area contributed by atoms with Crippen molar-refractivity contribution in [3.8, 4) is 0 Å². The van der Waals surface area contributed by atoms with Gasteiger partial charge in [0.1, 0.15) is 6.61 Å². The number of hydrogen-bond acceptors (Lipinski definition) is 5. The summed E-state index contributed by atoms with van der Waals surface area (Å²) in [5, 5.41) is 11.7. The van der Waals surface area contributed by atoms with Gasteiger partial charge >= 0.3 is 0 Å². The highest BCUT2D eigenvalue weighted by Crippen LogP contribution is 2.14. The van der Waals surface area contributed by atoms with Gasteiger partial charge in [0.05, 0.1) is 25.4 Å². The van der Waals surface area contributed by atoms with E-state index < -0.39 is 0 Å². The van der Waals surface area contributed by atoms with Crippen LogP contribution < -0.4 is 5.32 Å². The second-order valence-corrected chi connectivity index (χ2v) is 4.65. The van der Waals surface area contributed by atoms with Gasteiger partial charge in [0.2, 0.25) is 5.91 Å². The normalized spacial score (nSPS) is 17.3. The van der Waals surface area contributed by atoms with Crippen molar-refractivity contribution >= 4 is 5.91 Å². The molecule has 0 unspecified atom stereocenters. The van der Waals surface area contributed by atoms with Crippen molar-refractivity contribution in [3.63, 3.8) is 0 Å². The van der Waals surface area contributed by atoms with Crippen molar-refractivity contribution in [2.45, 2.75) is 19.4 Å². The predicted octanol–water partition coefficient (Wildman–Crippen LogP) is -0.778. The molecule has 0 bridgehead atoms. The third-order valence-corrected chi connectivity index (χ3v) is 3.02. The van der Waals surface area contributed by atoms with Crippen LogP contribution in [0.1, 0.15) is 13.8 Å². The SMILES string of the molecule is CCN(CCOCCO)C(=O)COC1(C)CNC1. The van der Waals surface area contributed by atoms with Crippen LogP contribution in [-0.4, -0.2) is 74.1 Å². The summed E-state index contributed by atoms with van der Waals surface area (Å²) in [5.41, 5.74) is -0.192. The van der Waals surface area contributed by atoms with Crippen molar-refractivity contribution in [1.82, 2.24) is 10.2 Å². The van der Waals surface area contributed by atoms with Gasteiger partial charge in [0, 0.05) is 26.2 Å². The third-order valence-electron chi connectivity index (χ3n) is 3.02. The molecular weight excluding hydrogens is 236 g/mol. The minimum atomic E-state index is -0.192. The van der Waals surface area contributed by atoms with Crippen molar-refractivity contribution in [1.29, 1.82) is 0 Å². The molecule has 1 heterocycles. The first kappa shape index (κ1) is 15.4. The lowest BCUT2D eigenvalue weighted by Crippen LogP contribution is -2.59. The molecule has 0 radical (unpaired) electrons. The Morgan fingerprint density at radius 3 is 2.67 bits per heavy atom. The molecule has 0 aromatic heterocycles. The molecule has 0 aromatic rings. The zero-order valence-corrected chi connectivity index (χ0v) is 11.3. The van der Waals surface area contributed by atoms with Crippen LogP contribution in [0.2, 0.25) is 0 Å². The Morgan fingerprint density at radius 1 is 1.44 bits per heavy atom. The van der Waals surface area contributed by atoms with E-state index in [0.29, 0.717) is 26.3 Å². The van der Waals surface area contributed by atoms with Crippen molar-refractivity contribution in [3.05, 3.63) is 0 Å². The Labute approximate surface area is 108 Å². The fourth-order valence-corrected chi connectivity index (χ4v) is 1.71. The van der Waals surface area contributed by atoms with E-state index in [1.807, 2.05) is 13.8 Å². The van der Waals surface area contributed by atoms with Gasteiger partial charge in [-0.3, -0.25) is 4.79 Å². The lowest BCUT2D eigenvalue weighted by atomic mass is 10.0. The maximum Gasteiger partial charge on any atom is 0.248 e. The second-order valence-electron chi connectivity index (χ2n) is 4.65. The number of rotatable bonds is 9. The highest BCUT2D eigenvalue weighted by Gasteiger charge is 2.33. The summed E-state index contributed by atoms with van der Waals surface area (Å²) >= 11 is 0. The molecule has 1 aliphatic heterocycles. The van der Waals surface area contributed by atoms with Gasteiger partial charge in [0.25, 0.3) is 0 Å². The smallest absolute Gasteiger partial charge is 0.248 e. The topological polar surface area (TPSA) is 71.0 Å². The van der Waals surface area contributed by atoms with Crippen LogP contribution in [0.3, 0.4) is 0 Å². The number of hydrogen-bond donors (Lipinski definition) is 2. The van der Waals surface area contributed by atoms with Gasteiger partial charge in [-0.1, -0.05) is 0 Å². The minimum Gasteiger partial charge on any atom is -0.394 e. The second kappa shape index (κ2) is 7.68. The summed E-state index contributed by atoms with van der Waals surface area (Å²) in [5.74, 6) is -0.0155. The summed E-state index contributed by atoms with van der Waals surface area (Å²) in [6.07, 6.45) is 0. The summed E-state index contributed by atoms with van der Waals surface area (Å²) in [4.78, 5) is 13.6. The van der Waals surface area contributed by atoms with Gasteiger partial charge in [-0.25, -0.2) is 0 Å². The van der Waals surface area contributed by atoms with Crippen LogP contribution in [0.25, 0.3) is 0 Å². The summed E-state index contributed by atoms with van der Waals surface area (Å²) in [6.45, 7) is 7.57. The van der Waals surface area contributed by atoms with Gasteiger partial charge in [0.15, 0.2) is 0 Å². The van der Waals surface area contributed by atoms with Crippen molar-refractivity contribution in [2.24, 2.45) is 0 Å². The quantitative estimate of drug-likeness (QED) is 0.532. The molecule has 1 rings (SSSR count). The number of aliphatic hydroxyl groups is 1. The standard InChI is InChI=1S/C12H24N2O4/c1-3-14(4-6-17-7-5-15)11(16)8-18-12(2)9-13-10-12/h13,15H,3-10H2,1-2H3. The first-order valence-electron chi connectivity index (χ1n) is 6.42. The van der Waals surface area contributed by atoms with Crippen LogP contribution in [-0.2, 0) is 14.3 Å². The molecule has 0 spiro atoms. The van der Waals surface area contributed by atoms with Crippen molar-refractivity contribution in [2.75, 3.05) is 52.6 Å². The van der Waals surface area contributed by atoms with Gasteiger partial charge < -0.3 is 24.8 Å². The molecule has 0 saturated carbocycles. The Kier molecular flexibility index (Phi) is 6.56. The average Bonchev–Trinajstić information content (AvgIpc) is 2.34. The lowest BCUT2D eigenvalue weighted by Gasteiger charge is -2.39. The van der Waals surface area contributed by atoms with Crippen LogP contribution in [0.15, 0.2) is 0 Å². The Bertz CT molecular complexity index is 256. The summed E-state index contributed by atoms with van der Waals surface area (Å²) in [7, 11) is 0. The number of carbonyl (C=O) groups is 1. The minimum absolute atomic E-state index is 0.00847. The largest absolute Gasteiger partial charge is 0.394 e. The highest BCUT2D eigenvalue weighted by atomic mass is 16.5. The molecule has 2 N–H and O–H groups in total. The monoisotopic (exact) mass is 260 g/mol. The maximum atomic E-state index is 11.9. The van der Waals surface area contributed by atoms with E-state index in [1.165, 1.54) is 0 Å². The number of nitrogens with zero attached hydrogens (tertiary/aromatic N) is 1. The van der Waals surface area contributed by atoms with E-state index in [-0.39, 0.29) is 24.7 Å². The van der Waals surface area contributed by atoms with E-state index in [0.717, 1.165) is 13.1 Å². The Balaban J connectivity index is 2.19. The van der Waals surface area contributed by atoms with Crippen LogP contribution in [0.5, 0.6) is 0 Å². The molecular formula is C12H24N2O4. The first-order chi connectivity index (χ1) is 8.61.